The summed E-state index contributed by atoms with van der Waals surface area (Å²) in [5.41, 5.74) is 0. The Morgan fingerprint density at radius 1 is 0.667 bits per heavy atom. The van der Waals surface area contributed by atoms with Gasteiger partial charge in [0.2, 0.25) is 0 Å². The average molecular weight is 322 g/mol. The van der Waals surface area contributed by atoms with Crippen LogP contribution < -0.4 is 16.6 Å². The zero-order chi connectivity index (χ0) is 9.00. The first kappa shape index (κ1) is 23.4. The zero-order valence-corrected chi connectivity index (χ0v) is 12.4. The van der Waals surface area contributed by atoms with Gasteiger partial charge in [0, 0.05) is 0 Å². The van der Waals surface area contributed by atoms with Gasteiger partial charge < -0.3 is 0 Å². The van der Waals surface area contributed by atoms with E-state index in [1.54, 1.807) is 0 Å². The van der Waals surface area contributed by atoms with Crippen LogP contribution in [0.5, 0.6) is 0 Å². The second kappa shape index (κ2) is 9.07. The molecule has 12 heavy (non-hydrogen) atoms. The quantitative estimate of drug-likeness (QED) is 0.399. The summed E-state index contributed by atoms with van der Waals surface area (Å²) in [7, 11) is 0. The van der Waals surface area contributed by atoms with Gasteiger partial charge in [-0.05, 0) is 0 Å². The van der Waals surface area contributed by atoms with E-state index in [1.807, 2.05) is 0 Å². The molecule has 0 aliphatic carbocycles. The van der Waals surface area contributed by atoms with Gasteiger partial charge >= 0.3 is 102 Å². The molecule has 0 aromatic carbocycles. The Morgan fingerprint density at radius 2 is 0.667 bits per heavy atom. The second-order valence-electron chi connectivity index (χ2n) is 0.816. The van der Waals surface area contributed by atoms with Gasteiger partial charge in [0.15, 0.2) is 0 Å². The van der Waals surface area contributed by atoms with Crippen LogP contribution in [0.15, 0.2) is 0 Å². The molecule has 0 spiro atoms. The van der Waals surface area contributed by atoms with Gasteiger partial charge in [-0.25, -0.2) is 0 Å². The Hall–Kier alpha value is 1.49. The molecule has 64 valence electrons. The van der Waals surface area contributed by atoms with Crippen molar-refractivity contribution in [2.45, 2.75) is 0 Å². The summed E-state index contributed by atoms with van der Waals surface area (Å²) in [6.07, 6.45) is 0. The minimum Gasteiger partial charge on any atom is 2.00 e. The standard InChI is InChI=1S/2Cr.Mg.8O.Zn/q;;+2;;;;;4*-1;+2. The van der Waals surface area contributed by atoms with Crippen LogP contribution in [0.2, 0.25) is 0 Å². The fourth-order valence-corrected chi connectivity index (χ4v) is 0. The Balaban J connectivity index is -0.0000000457. The Morgan fingerprint density at radius 3 is 0.667 bits per heavy atom. The van der Waals surface area contributed by atoms with Gasteiger partial charge in [-0.2, -0.15) is 0 Å². The van der Waals surface area contributed by atoms with Gasteiger partial charge in [0.1, 0.15) is 0 Å². The normalized spacial score (nSPS) is 9.67. The summed E-state index contributed by atoms with van der Waals surface area (Å²) in [6, 6.07) is 0. The van der Waals surface area contributed by atoms with E-state index in [0.717, 1.165) is 0 Å². The molecule has 0 atom stereocenters. The molecule has 0 amide bonds. The molecule has 0 aliphatic heterocycles. The number of hydrogen-bond acceptors (Lipinski definition) is 8. The van der Waals surface area contributed by atoms with Crippen molar-refractivity contribution in [1.29, 1.82) is 0 Å². The van der Waals surface area contributed by atoms with Crippen LogP contribution in [0.1, 0.15) is 0 Å². The molecular formula is Cr2MgO8Zn. The maximum atomic E-state index is 8.59. The van der Waals surface area contributed by atoms with Crippen LogP contribution in [0.4, 0.5) is 0 Å². The van der Waals surface area contributed by atoms with Crippen molar-refractivity contribution in [2.75, 3.05) is 0 Å². The maximum Gasteiger partial charge on any atom is 2.00 e. The minimum atomic E-state index is -5.75. The third-order valence-corrected chi connectivity index (χ3v) is 0. The Labute approximate surface area is 101 Å². The zero-order valence-electron chi connectivity index (χ0n) is 5.50. The Kier molecular flexibility index (Phi) is 17.7. The fraction of sp³-hybridized carbons (Fsp3) is 0. The summed E-state index contributed by atoms with van der Waals surface area (Å²) >= 11 is -11.5. The molecule has 0 rings (SSSR count). The summed E-state index contributed by atoms with van der Waals surface area (Å²) < 4.78 is 68.8. The molecule has 8 nitrogen and oxygen atoms in total. The van der Waals surface area contributed by atoms with Crippen LogP contribution in [0.3, 0.4) is 0 Å². The molecule has 0 radical (unpaired) electrons. The molecular weight excluding hydrogens is 322 g/mol. The van der Waals surface area contributed by atoms with Crippen LogP contribution >= 0.6 is 0 Å². The van der Waals surface area contributed by atoms with Gasteiger partial charge in [0.25, 0.3) is 0 Å². The summed E-state index contributed by atoms with van der Waals surface area (Å²) in [5.74, 6) is 0. The molecule has 0 aliphatic rings. The van der Waals surface area contributed by atoms with Crippen LogP contribution in [-0.4, -0.2) is 23.1 Å². The first-order valence-electron chi connectivity index (χ1n) is 1.33. The predicted octanol–water partition coefficient (Wildman–Crippen LogP) is -5.62. The average Bonchev–Trinajstić information content (AvgIpc) is 1.12. The van der Waals surface area contributed by atoms with Crippen molar-refractivity contribution in [3.63, 3.8) is 0 Å². The molecule has 0 bridgehead atoms. The molecule has 0 saturated carbocycles. The SMILES string of the molecule is [Mg+2].[O]=[Cr](=[O])([O-])[O-].[O]=[Cr](=[O])([O-])[O-].[Zn+2]. The van der Waals surface area contributed by atoms with Crippen molar-refractivity contribution in [2.24, 2.45) is 0 Å². The number of rotatable bonds is 0. The van der Waals surface area contributed by atoms with E-state index < -0.39 is 27.2 Å². The molecule has 0 heterocycles. The number of hydrogen-bond donors (Lipinski definition) is 0. The van der Waals surface area contributed by atoms with E-state index >= 15 is 0 Å². The van der Waals surface area contributed by atoms with Crippen molar-refractivity contribution >= 4 is 23.1 Å². The van der Waals surface area contributed by atoms with Crippen molar-refractivity contribution in [1.82, 2.24) is 0 Å². The monoisotopic (exact) mass is 320 g/mol. The van der Waals surface area contributed by atoms with E-state index in [9.17, 15) is 0 Å². The smallest absolute Gasteiger partial charge is 2.00 e. The first-order valence-corrected chi connectivity index (χ1v) is 5.50. The van der Waals surface area contributed by atoms with Gasteiger partial charge in [0.05, 0.1) is 0 Å². The first-order chi connectivity index (χ1) is 4.00. The van der Waals surface area contributed by atoms with E-state index in [4.69, 9.17) is 31.8 Å². The third kappa shape index (κ3) is 567. The maximum absolute atomic E-state index is 8.59. The molecule has 12 heteroatoms. The molecule has 0 aromatic heterocycles. The minimum absolute atomic E-state index is 0. The van der Waals surface area contributed by atoms with E-state index in [2.05, 4.69) is 0 Å². The summed E-state index contributed by atoms with van der Waals surface area (Å²) in [4.78, 5) is 0. The van der Waals surface area contributed by atoms with Gasteiger partial charge in [-0.1, -0.05) is 0 Å². The molecule has 0 N–H and O–H groups in total. The Bertz CT molecular complexity index is 213. The van der Waals surface area contributed by atoms with E-state index in [0.29, 0.717) is 0 Å². The van der Waals surface area contributed by atoms with Crippen molar-refractivity contribution in [3.05, 3.63) is 0 Å². The fourth-order valence-electron chi connectivity index (χ4n) is 0. The van der Waals surface area contributed by atoms with Crippen LogP contribution in [-0.2, 0) is 61.9 Å². The topological polar surface area (TPSA) is 161 Å². The molecule has 0 unspecified atom stereocenters. The largest absolute Gasteiger partial charge is 2.00 e. The summed E-state index contributed by atoms with van der Waals surface area (Å²) in [6.45, 7) is 0. The third-order valence-electron chi connectivity index (χ3n) is 0. The summed E-state index contributed by atoms with van der Waals surface area (Å²) in [5, 5.41) is 0. The van der Waals surface area contributed by atoms with E-state index in [1.165, 1.54) is 0 Å². The van der Waals surface area contributed by atoms with E-state index in [-0.39, 0.29) is 42.5 Å². The molecule has 0 aromatic rings. The van der Waals surface area contributed by atoms with Crippen molar-refractivity contribution in [3.8, 4) is 0 Å². The molecule has 0 fully saturated rings. The molecule has 0 saturated heterocycles. The van der Waals surface area contributed by atoms with Gasteiger partial charge in [-0.3, -0.25) is 0 Å². The van der Waals surface area contributed by atoms with Gasteiger partial charge in [-0.15, -0.1) is 0 Å². The predicted molar refractivity (Wildman–Crippen MR) is 8.50 cm³/mol. The van der Waals surface area contributed by atoms with Crippen molar-refractivity contribution < 1.29 is 78.6 Å². The van der Waals surface area contributed by atoms with Crippen LogP contribution in [0, 0.1) is 0 Å². The second-order valence-corrected chi connectivity index (χ2v) is 3.37. The van der Waals surface area contributed by atoms with Crippen LogP contribution in [0.25, 0.3) is 0 Å².